The Morgan fingerprint density at radius 1 is 1.45 bits per heavy atom. The molecule has 0 spiro atoms. The van der Waals surface area contributed by atoms with Crippen LogP contribution in [0.5, 0.6) is 0 Å². The molecular weight excluding hydrogens is 315 g/mol. The molecule has 0 aliphatic carbocycles. The van der Waals surface area contributed by atoms with Crippen LogP contribution in [0.15, 0.2) is 4.99 Å². The molecule has 1 N–H and O–H groups in total. The molecule has 3 atom stereocenters. The van der Waals surface area contributed by atoms with Crippen LogP contribution in [-0.2, 0) is 9.59 Å². The number of aliphatic imine (C=N–C) groups is 1. The van der Waals surface area contributed by atoms with Crippen molar-refractivity contribution in [3.05, 3.63) is 0 Å². The van der Waals surface area contributed by atoms with Gasteiger partial charge in [-0.05, 0) is 32.6 Å². The summed E-state index contributed by atoms with van der Waals surface area (Å²) in [5.41, 5.74) is 0. The largest absolute Gasteiger partial charge is 1.00 e. The van der Waals surface area contributed by atoms with Crippen molar-refractivity contribution in [1.82, 2.24) is 4.90 Å². The summed E-state index contributed by atoms with van der Waals surface area (Å²) in [6, 6.07) is -1.55. The first-order valence-corrected chi connectivity index (χ1v) is 8.14. The predicted molar refractivity (Wildman–Crippen MR) is 79.1 cm³/mol. The maximum absolute atomic E-state index is 12.1. The molecule has 8 heteroatoms. The molecule has 0 aromatic rings. The maximum atomic E-state index is 12.1. The van der Waals surface area contributed by atoms with Gasteiger partial charge in [-0.15, -0.1) is 11.8 Å². The number of β-lactam (4-membered cyclic amide) rings is 1. The first kappa shape index (κ1) is 19.8. The third-order valence-electron chi connectivity index (χ3n) is 3.92. The molecule has 0 saturated carbocycles. The molecule has 1 unspecified atom stereocenters. The number of hydrogen-bond acceptors (Lipinski definition) is 5. The van der Waals surface area contributed by atoms with Crippen LogP contribution >= 0.6 is 11.8 Å². The Labute approximate surface area is 157 Å². The van der Waals surface area contributed by atoms with Crippen molar-refractivity contribution in [3.8, 4) is 0 Å². The number of thioether (sulfide) groups is 1. The normalized spacial score (nSPS) is 29.6. The van der Waals surface area contributed by atoms with E-state index in [2.05, 4.69) is 11.9 Å². The van der Waals surface area contributed by atoms with E-state index in [0.717, 1.165) is 19.3 Å². The minimum absolute atomic E-state index is 0. The Bertz CT molecular complexity index is 483. The monoisotopic (exact) mass is 336 g/mol. The van der Waals surface area contributed by atoms with E-state index in [-0.39, 0.29) is 46.7 Å². The van der Waals surface area contributed by atoms with Crippen LogP contribution in [0.4, 0.5) is 0 Å². The Balaban J connectivity index is 0.00000242. The van der Waals surface area contributed by atoms with Gasteiger partial charge in [0.1, 0.15) is 11.4 Å². The van der Waals surface area contributed by atoms with Crippen LogP contribution in [-0.4, -0.2) is 50.0 Å². The molecule has 0 radical (unpaired) electrons. The van der Waals surface area contributed by atoms with Gasteiger partial charge in [0.05, 0.1) is 0 Å². The van der Waals surface area contributed by atoms with Gasteiger partial charge in [-0.2, -0.15) is 0 Å². The van der Waals surface area contributed by atoms with Crippen molar-refractivity contribution in [2.24, 2.45) is 4.99 Å². The first-order valence-electron chi connectivity index (χ1n) is 7.26. The van der Waals surface area contributed by atoms with Crippen molar-refractivity contribution in [1.29, 1.82) is 0 Å². The molecule has 2 rings (SSSR count). The summed E-state index contributed by atoms with van der Waals surface area (Å²) in [5, 5.41) is 20.7. The molecule has 2 fully saturated rings. The fourth-order valence-electron chi connectivity index (χ4n) is 2.86. The molecule has 1 amide bonds. The van der Waals surface area contributed by atoms with Gasteiger partial charge in [0.25, 0.3) is 5.91 Å². The number of amides is 1. The molecule has 2 heterocycles. The van der Waals surface area contributed by atoms with Gasteiger partial charge in [0.15, 0.2) is 6.04 Å². The van der Waals surface area contributed by atoms with E-state index in [4.69, 9.17) is 0 Å². The Morgan fingerprint density at radius 2 is 2.09 bits per heavy atom. The third-order valence-corrected chi connectivity index (χ3v) is 5.48. The number of carboxylic acid groups (broad SMARTS) is 1. The summed E-state index contributed by atoms with van der Waals surface area (Å²) in [7, 11) is 0. The van der Waals surface area contributed by atoms with E-state index in [9.17, 15) is 19.8 Å². The minimum Gasteiger partial charge on any atom is -0.862 e. The second kappa shape index (κ2) is 7.55. The average molecular weight is 336 g/mol. The van der Waals surface area contributed by atoms with Crippen molar-refractivity contribution in [2.75, 3.05) is 0 Å². The third kappa shape index (κ3) is 3.63. The molecule has 2 aliphatic rings. The van der Waals surface area contributed by atoms with Crippen molar-refractivity contribution >= 4 is 29.5 Å². The zero-order chi connectivity index (χ0) is 15.8. The van der Waals surface area contributed by atoms with E-state index in [1.165, 1.54) is 16.7 Å². The number of carbonyl (C=O) groups is 2. The number of fused-ring (bicyclic) bond motifs is 1. The molecule has 0 aromatic heterocycles. The topological polar surface area (TPSA) is 93.0 Å². The smallest absolute Gasteiger partial charge is 0.862 e. The van der Waals surface area contributed by atoms with Crippen LogP contribution in [0, 0.1) is 0 Å². The number of aliphatic carboxylic acids is 1. The second-order valence-corrected chi connectivity index (χ2v) is 7.79. The summed E-state index contributed by atoms with van der Waals surface area (Å²) < 4.78 is -0.568. The van der Waals surface area contributed by atoms with Crippen LogP contribution < -0.4 is 34.7 Å². The van der Waals surface area contributed by atoms with E-state index < -0.39 is 22.8 Å². The number of rotatable bonds is 6. The molecule has 0 aromatic carbocycles. The van der Waals surface area contributed by atoms with Crippen LogP contribution in [0.25, 0.3) is 0 Å². The standard InChI is InChI=1S/C14H22N2O4S.Na/c1-4-5-6-7-8(17)15-9-11(18)16-10(13(19)20)14(2,3)21-12(9)16;/h9-10,12H,4-7H2,1-3H3,(H,15,17)(H,19,20);/q;+1/p-1/t9?,10-,12+;/m0./s1. The van der Waals surface area contributed by atoms with E-state index in [1.54, 1.807) is 0 Å². The SMILES string of the molecule is CCCCCC([O-])=NC1C(=O)N2[C@@H]1SC(C)(C)[C@@H]2C(=O)O.[Na+]. The number of nitrogens with zero attached hydrogens (tertiary/aromatic N) is 2. The number of hydrogen-bond donors (Lipinski definition) is 1. The van der Waals surface area contributed by atoms with Crippen molar-refractivity contribution in [2.45, 2.75) is 68.7 Å². The molecule has 6 nitrogen and oxygen atoms in total. The fraction of sp³-hybridized carbons (Fsp3) is 0.786. The quantitative estimate of drug-likeness (QED) is 0.196. The van der Waals surface area contributed by atoms with Gasteiger partial charge in [-0.25, -0.2) is 4.79 Å². The number of carbonyl (C=O) groups excluding carboxylic acids is 1. The summed E-state index contributed by atoms with van der Waals surface area (Å²) in [6.45, 7) is 5.67. The van der Waals surface area contributed by atoms with Crippen molar-refractivity contribution < 1.29 is 49.4 Å². The molecule has 2 saturated heterocycles. The average Bonchev–Trinajstić information content (AvgIpc) is 2.65. The summed E-state index contributed by atoms with van der Waals surface area (Å²) in [6.07, 6.45) is 3.14. The Morgan fingerprint density at radius 3 is 2.64 bits per heavy atom. The number of unbranched alkanes of at least 4 members (excludes halogenated alkanes) is 2. The van der Waals surface area contributed by atoms with E-state index >= 15 is 0 Å². The molecule has 2 aliphatic heterocycles. The van der Waals surface area contributed by atoms with Crippen LogP contribution in [0.3, 0.4) is 0 Å². The maximum Gasteiger partial charge on any atom is 1.00 e. The molecule has 0 bridgehead atoms. The second-order valence-electron chi connectivity index (χ2n) is 6.02. The van der Waals surface area contributed by atoms with E-state index in [1.807, 2.05) is 13.8 Å². The van der Waals surface area contributed by atoms with Crippen LogP contribution in [0.1, 0.15) is 46.5 Å². The fourth-order valence-corrected chi connectivity index (χ4v) is 4.47. The van der Waals surface area contributed by atoms with Crippen molar-refractivity contribution in [3.63, 3.8) is 0 Å². The molecular formula is C14H21N2NaO4S. The van der Waals surface area contributed by atoms with Gasteiger partial charge in [0, 0.05) is 4.75 Å². The first-order chi connectivity index (χ1) is 9.79. The zero-order valence-electron chi connectivity index (χ0n) is 13.5. The number of carboxylic acids is 1. The Hall–Kier alpha value is -0.240. The van der Waals surface area contributed by atoms with Gasteiger partial charge < -0.3 is 15.1 Å². The minimum atomic E-state index is -1.00. The Kier molecular flexibility index (Phi) is 6.80. The predicted octanol–water partition coefficient (Wildman–Crippen LogP) is -2.15. The molecule has 22 heavy (non-hydrogen) atoms. The summed E-state index contributed by atoms with van der Waals surface area (Å²) in [4.78, 5) is 28.8. The van der Waals surface area contributed by atoms with Crippen LogP contribution in [0.2, 0.25) is 0 Å². The molecule has 118 valence electrons. The van der Waals surface area contributed by atoms with E-state index in [0.29, 0.717) is 6.42 Å². The zero-order valence-corrected chi connectivity index (χ0v) is 16.4. The summed E-state index contributed by atoms with van der Waals surface area (Å²) in [5.74, 6) is -1.59. The van der Waals surface area contributed by atoms with Gasteiger partial charge in [-0.3, -0.25) is 9.79 Å². The van der Waals surface area contributed by atoms with Gasteiger partial charge in [-0.1, -0.05) is 19.8 Å². The summed E-state index contributed by atoms with van der Waals surface area (Å²) >= 11 is 1.41. The van der Waals surface area contributed by atoms with Gasteiger partial charge in [0.2, 0.25) is 0 Å². The van der Waals surface area contributed by atoms with Gasteiger partial charge >= 0.3 is 35.5 Å².